The molecule has 0 aliphatic carbocycles. The molecule has 1 aromatic carbocycles. The molecule has 0 bridgehead atoms. The molecule has 100 valence electrons. The standard InChI is InChI=1S/C14H23N3O/c1-10(2)9-11(15)14(18)16-12-7-5-6-8-13(12)17(3)4/h5-8,10-11H,9,15H2,1-4H3,(H,16,18)/t11-/m1/s1. The smallest absolute Gasteiger partial charge is 0.241 e. The van der Waals surface area contributed by atoms with E-state index in [1.54, 1.807) is 0 Å². The number of benzene rings is 1. The summed E-state index contributed by atoms with van der Waals surface area (Å²) < 4.78 is 0. The highest BCUT2D eigenvalue weighted by atomic mass is 16.2. The van der Waals surface area contributed by atoms with Gasteiger partial charge in [0.1, 0.15) is 0 Å². The SMILES string of the molecule is CC(C)C[C@@H](N)C(=O)Nc1ccccc1N(C)C. The van der Waals surface area contributed by atoms with Crippen molar-refractivity contribution in [3.05, 3.63) is 24.3 Å². The summed E-state index contributed by atoms with van der Waals surface area (Å²) >= 11 is 0. The van der Waals surface area contributed by atoms with Crippen molar-refractivity contribution < 1.29 is 4.79 Å². The molecule has 0 fully saturated rings. The van der Waals surface area contributed by atoms with Crippen LogP contribution in [0.5, 0.6) is 0 Å². The van der Waals surface area contributed by atoms with E-state index >= 15 is 0 Å². The fraction of sp³-hybridized carbons (Fsp3) is 0.500. The average Bonchev–Trinajstić information content (AvgIpc) is 2.28. The molecule has 4 heteroatoms. The first kappa shape index (κ1) is 14.5. The van der Waals surface area contributed by atoms with Crippen molar-refractivity contribution in [1.29, 1.82) is 0 Å². The van der Waals surface area contributed by atoms with Crippen LogP contribution in [0.15, 0.2) is 24.3 Å². The number of carbonyl (C=O) groups excluding carboxylic acids is 1. The van der Waals surface area contributed by atoms with Crippen LogP contribution in [0.2, 0.25) is 0 Å². The van der Waals surface area contributed by atoms with E-state index in [0.717, 1.165) is 11.4 Å². The lowest BCUT2D eigenvalue weighted by atomic mass is 10.0. The van der Waals surface area contributed by atoms with Gasteiger partial charge in [-0.05, 0) is 24.5 Å². The molecule has 0 saturated carbocycles. The molecule has 0 radical (unpaired) electrons. The Balaban J connectivity index is 2.75. The number of nitrogens with one attached hydrogen (secondary N) is 1. The van der Waals surface area contributed by atoms with E-state index in [9.17, 15) is 4.79 Å². The van der Waals surface area contributed by atoms with Crippen LogP contribution in [0.25, 0.3) is 0 Å². The van der Waals surface area contributed by atoms with Gasteiger partial charge in [0.15, 0.2) is 0 Å². The molecule has 0 unspecified atom stereocenters. The summed E-state index contributed by atoms with van der Waals surface area (Å²) in [4.78, 5) is 13.9. The maximum absolute atomic E-state index is 12.0. The van der Waals surface area contributed by atoms with Crippen LogP contribution in [0.4, 0.5) is 11.4 Å². The Morgan fingerprint density at radius 3 is 2.50 bits per heavy atom. The summed E-state index contributed by atoms with van der Waals surface area (Å²) in [5.41, 5.74) is 7.64. The van der Waals surface area contributed by atoms with Gasteiger partial charge in [-0.2, -0.15) is 0 Å². The van der Waals surface area contributed by atoms with E-state index < -0.39 is 6.04 Å². The van der Waals surface area contributed by atoms with Gasteiger partial charge >= 0.3 is 0 Å². The Morgan fingerprint density at radius 1 is 1.33 bits per heavy atom. The van der Waals surface area contributed by atoms with Crippen molar-refractivity contribution in [2.45, 2.75) is 26.3 Å². The Morgan fingerprint density at radius 2 is 1.94 bits per heavy atom. The monoisotopic (exact) mass is 249 g/mol. The summed E-state index contributed by atoms with van der Waals surface area (Å²) in [6.45, 7) is 4.11. The van der Waals surface area contributed by atoms with Crippen LogP contribution >= 0.6 is 0 Å². The first-order valence-electron chi connectivity index (χ1n) is 6.24. The van der Waals surface area contributed by atoms with Gasteiger partial charge in [-0.1, -0.05) is 26.0 Å². The average molecular weight is 249 g/mol. The lowest BCUT2D eigenvalue weighted by molar-refractivity contribution is -0.117. The summed E-state index contributed by atoms with van der Waals surface area (Å²) in [6, 6.07) is 7.23. The van der Waals surface area contributed by atoms with Crippen molar-refractivity contribution in [1.82, 2.24) is 0 Å². The zero-order valence-corrected chi connectivity index (χ0v) is 11.6. The molecular formula is C14H23N3O. The molecule has 18 heavy (non-hydrogen) atoms. The number of nitrogens with zero attached hydrogens (tertiary/aromatic N) is 1. The molecule has 4 nitrogen and oxygen atoms in total. The third-order valence-corrected chi connectivity index (χ3v) is 2.71. The summed E-state index contributed by atoms with van der Waals surface area (Å²) in [5.74, 6) is 0.285. The van der Waals surface area contributed by atoms with E-state index in [0.29, 0.717) is 12.3 Å². The second-order valence-electron chi connectivity index (χ2n) is 5.14. The van der Waals surface area contributed by atoms with Gasteiger partial charge in [0.05, 0.1) is 17.4 Å². The highest BCUT2D eigenvalue weighted by Crippen LogP contribution is 2.23. The largest absolute Gasteiger partial charge is 0.376 e. The van der Waals surface area contributed by atoms with Crippen molar-refractivity contribution in [2.24, 2.45) is 11.7 Å². The Hall–Kier alpha value is -1.55. The minimum absolute atomic E-state index is 0.127. The van der Waals surface area contributed by atoms with Gasteiger partial charge in [-0.15, -0.1) is 0 Å². The number of amides is 1. The third-order valence-electron chi connectivity index (χ3n) is 2.71. The molecule has 0 spiro atoms. The minimum atomic E-state index is -0.458. The molecule has 0 saturated heterocycles. The normalized spacial score (nSPS) is 12.3. The highest BCUT2D eigenvalue weighted by Gasteiger charge is 2.16. The zero-order valence-electron chi connectivity index (χ0n) is 11.6. The molecule has 0 aliphatic rings. The van der Waals surface area contributed by atoms with E-state index in [1.807, 2.05) is 43.3 Å². The van der Waals surface area contributed by atoms with Gasteiger partial charge in [0, 0.05) is 14.1 Å². The number of rotatable bonds is 5. The van der Waals surface area contributed by atoms with Gasteiger partial charge in [-0.3, -0.25) is 4.79 Å². The molecule has 0 aromatic heterocycles. The highest BCUT2D eigenvalue weighted by molar-refractivity contribution is 5.97. The van der Waals surface area contributed by atoms with Crippen molar-refractivity contribution in [2.75, 3.05) is 24.3 Å². The van der Waals surface area contributed by atoms with Crippen LogP contribution in [0.1, 0.15) is 20.3 Å². The van der Waals surface area contributed by atoms with Gasteiger partial charge < -0.3 is 16.0 Å². The van der Waals surface area contributed by atoms with Crippen LogP contribution in [-0.4, -0.2) is 26.0 Å². The summed E-state index contributed by atoms with van der Waals surface area (Å²) in [5, 5.41) is 2.89. The zero-order chi connectivity index (χ0) is 13.7. The molecule has 1 aromatic rings. The Labute approximate surface area is 109 Å². The molecule has 0 aliphatic heterocycles. The fourth-order valence-electron chi connectivity index (χ4n) is 1.81. The predicted molar refractivity (Wildman–Crippen MR) is 76.8 cm³/mol. The van der Waals surface area contributed by atoms with Gasteiger partial charge in [-0.25, -0.2) is 0 Å². The van der Waals surface area contributed by atoms with Gasteiger partial charge in [0.25, 0.3) is 0 Å². The first-order chi connectivity index (χ1) is 8.41. The Bertz CT molecular complexity index is 402. The number of hydrogen-bond donors (Lipinski definition) is 2. The van der Waals surface area contributed by atoms with Crippen LogP contribution in [0.3, 0.4) is 0 Å². The van der Waals surface area contributed by atoms with Crippen LogP contribution < -0.4 is 16.0 Å². The molecular weight excluding hydrogens is 226 g/mol. The lowest BCUT2D eigenvalue weighted by Crippen LogP contribution is -2.37. The van der Waals surface area contributed by atoms with Crippen LogP contribution in [-0.2, 0) is 4.79 Å². The summed E-state index contributed by atoms with van der Waals surface area (Å²) in [7, 11) is 3.89. The molecule has 1 rings (SSSR count). The van der Waals surface area contributed by atoms with Crippen molar-refractivity contribution in [3.8, 4) is 0 Å². The summed E-state index contributed by atoms with van der Waals surface area (Å²) in [6.07, 6.45) is 0.690. The number of hydrogen-bond acceptors (Lipinski definition) is 3. The Kier molecular flexibility index (Phi) is 5.16. The van der Waals surface area contributed by atoms with E-state index in [4.69, 9.17) is 5.73 Å². The quantitative estimate of drug-likeness (QED) is 0.840. The number of para-hydroxylation sites is 2. The van der Waals surface area contributed by atoms with Crippen LogP contribution in [0, 0.1) is 5.92 Å². The molecule has 0 heterocycles. The number of carbonyl (C=O) groups is 1. The topological polar surface area (TPSA) is 58.4 Å². The minimum Gasteiger partial charge on any atom is -0.376 e. The second kappa shape index (κ2) is 6.40. The van der Waals surface area contributed by atoms with E-state index in [1.165, 1.54) is 0 Å². The maximum atomic E-state index is 12.0. The fourth-order valence-corrected chi connectivity index (χ4v) is 1.81. The van der Waals surface area contributed by atoms with E-state index in [2.05, 4.69) is 19.2 Å². The number of nitrogens with two attached hydrogens (primary N) is 1. The number of anilines is 2. The van der Waals surface area contributed by atoms with Gasteiger partial charge in [0.2, 0.25) is 5.91 Å². The van der Waals surface area contributed by atoms with E-state index in [-0.39, 0.29) is 5.91 Å². The molecule has 3 N–H and O–H groups in total. The molecule has 1 atom stereocenters. The predicted octanol–water partition coefficient (Wildman–Crippen LogP) is 2.06. The first-order valence-corrected chi connectivity index (χ1v) is 6.24. The van der Waals surface area contributed by atoms with Crippen molar-refractivity contribution in [3.63, 3.8) is 0 Å². The lowest BCUT2D eigenvalue weighted by Gasteiger charge is -2.19. The molecule has 1 amide bonds. The third kappa shape index (κ3) is 4.04. The maximum Gasteiger partial charge on any atom is 0.241 e. The second-order valence-corrected chi connectivity index (χ2v) is 5.14. The van der Waals surface area contributed by atoms with Crippen molar-refractivity contribution >= 4 is 17.3 Å².